The second kappa shape index (κ2) is 10.8. The Morgan fingerprint density at radius 3 is 2.63 bits per heavy atom. The van der Waals surface area contributed by atoms with Gasteiger partial charge in [-0.15, -0.1) is 5.10 Å². The van der Waals surface area contributed by atoms with Gasteiger partial charge in [0.1, 0.15) is 0 Å². The van der Waals surface area contributed by atoms with Crippen LogP contribution in [-0.2, 0) is 19.5 Å². The highest BCUT2D eigenvalue weighted by molar-refractivity contribution is 5.78. The van der Waals surface area contributed by atoms with Crippen LogP contribution in [0.25, 0.3) is 22.6 Å². The Bertz CT molecular complexity index is 1280. The molecule has 4 aromatic rings. The maximum Gasteiger partial charge on any atom is 0.328 e. The second-order valence-electron chi connectivity index (χ2n) is 9.57. The number of nitrogens with zero attached hydrogens (tertiary/aromatic N) is 6. The molecule has 1 aliphatic carbocycles. The molecule has 0 atom stereocenters. The van der Waals surface area contributed by atoms with Gasteiger partial charge in [-0.2, -0.15) is 0 Å². The lowest BCUT2D eigenvalue weighted by Gasteiger charge is -2.10. The van der Waals surface area contributed by atoms with E-state index < -0.39 is 0 Å². The number of aromatic nitrogens is 7. The van der Waals surface area contributed by atoms with Crippen molar-refractivity contribution in [1.29, 1.82) is 0 Å². The third-order valence-electron chi connectivity index (χ3n) is 7.14. The summed E-state index contributed by atoms with van der Waals surface area (Å²) in [6, 6.07) is 12.0. The minimum atomic E-state index is 0.0985. The van der Waals surface area contributed by atoms with Crippen molar-refractivity contribution in [2.45, 2.75) is 71.4 Å². The smallest absolute Gasteiger partial charge is 0.299 e. The largest absolute Gasteiger partial charge is 0.328 e. The number of benzene rings is 1. The number of imidazole rings is 1. The molecule has 1 aliphatic rings. The van der Waals surface area contributed by atoms with Crippen molar-refractivity contribution in [3.05, 3.63) is 70.5 Å². The number of aryl methyl sites for hydroxylation is 2. The quantitative estimate of drug-likeness (QED) is 0.356. The van der Waals surface area contributed by atoms with E-state index >= 15 is 0 Å². The van der Waals surface area contributed by atoms with Crippen molar-refractivity contribution in [3.63, 3.8) is 0 Å². The van der Waals surface area contributed by atoms with Gasteiger partial charge >= 0.3 is 5.69 Å². The number of H-pyrrole nitrogens is 1. The summed E-state index contributed by atoms with van der Waals surface area (Å²) in [5, 5.41) is 14.3. The van der Waals surface area contributed by atoms with E-state index in [0.29, 0.717) is 12.4 Å². The zero-order valence-corrected chi connectivity index (χ0v) is 20.4. The van der Waals surface area contributed by atoms with Crippen LogP contribution in [0.4, 0.5) is 0 Å². The molecule has 1 fully saturated rings. The summed E-state index contributed by atoms with van der Waals surface area (Å²) < 4.78 is 3.88. The lowest BCUT2D eigenvalue weighted by Crippen LogP contribution is -2.26. The molecule has 35 heavy (non-hydrogen) atoms. The standard InChI is InChI=1S/C27H33N7O/c1-2-3-10-22-19-33(16-15-20-8-4-5-9-20)27(35)34(22)18-21-13-14-25(28-17-21)23-11-6-7-12-24(23)26-29-31-32-30-26/h6-7,11-14,17,19-20H,2-5,8-10,15-16,18H2,1H3,(H,29,30,31,32). The number of hydrogen-bond donors (Lipinski definition) is 1. The lowest BCUT2D eigenvalue weighted by molar-refractivity contribution is 0.450. The Balaban J connectivity index is 1.37. The first kappa shape index (κ1) is 23.2. The average molecular weight is 472 g/mol. The molecule has 0 bridgehead atoms. The van der Waals surface area contributed by atoms with Gasteiger partial charge in [0.15, 0.2) is 5.82 Å². The Morgan fingerprint density at radius 1 is 1.09 bits per heavy atom. The van der Waals surface area contributed by atoms with Gasteiger partial charge in [-0.1, -0.05) is 69.4 Å². The van der Waals surface area contributed by atoms with Crippen LogP contribution >= 0.6 is 0 Å². The number of nitrogens with one attached hydrogen (secondary N) is 1. The lowest BCUT2D eigenvalue weighted by atomic mass is 10.0. The van der Waals surface area contributed by atoms with E-state index in [1.807, 2.05) is 45.7 Å². The summed E-state index contributed by atoms with van der Waals surface area (Å²) in [5.41, 5.74) is 4.93. The van der Waals surface area contributed by atoms with Crippen LogP contribution in [0.15, 0.2) is 53.6 Å². The van der Waals surface area contributed by atoms with Crippen molar-refractivity contribution in [2.24, 2.45) is 5.92 Å². The molecule has 0 unspecified atom stereocenters. The van der Waals surface area contributed by atoms with Crippen LogP contribution in [0.3, 0.4) is 0 Å². The van der Waals surface area contributed by atoms with Gasteiger partial charge in [-0.3, -0.25) is 14.1 Å². The van der Waals surface area contributed by atoms with E-state index in [2.05, 4.69) is 39.8 Å². The molecule has 1 N–H and O–H groups in total. The molecule has 8 heteroatoms. The Labute approximate surface area is 205 Å². The average Bonchev–Trinajstić information content (AvgIpc) is 3.66. The Kier molecular flexibility index (Phi) is 7.16. The van der Waals surface area contributed by atoms with Crippen LogP contribution in [0.5, 0.6) is 0 Å². The summed E-state index contributed by atoms with van der Waals surface area (Å²) in [7, 11) is 0. The van der Waals surface area contributed by atoms with E-state index in [1.165, 1.54) is 25.7 Å². The van der Waals surface area contributed by atoms with E-state index in [-0.39, 0.29) is 5.69 Å². The highest BCUT2D eigenvalue weighted by Gasteiger charge is 2.17. The zero-order chi connectivity index (χ0) is 24.0. The minimum absolute atomic E-state index is 0.0985. The SMILES string of the molecule is CCCCc1cn(CCC2CCCC2)c(=O)n1Cc1ccc(-c2ccccc2-c2nnn[nH]2)nc1. The molecule has 182 valence electrons. The fourth-order valence-corrected chi connectivity index (χ4v) is 5.14. The molecule has 1 saturated carbocycles. The van der Waals surface area contributed by atoms with Crippen LogP contribution in [-0.4, -0.2) is 34.7 Å². The van der Waals surface area contributed by atoms with Gasteiger partial charge in [0.25, 0.3) is 0 Å². The number of hydrogen-bond acceptors (Lipinski definition) is 5. The molecular weight excluding hydrogens is 438 g/mol. The minimum Gasteiger partial charge on any atom is -0.299 e. The van der Waals surface area contributed by atoms with Gasteiger partial charge in [-0.25, -0.2) is 9.89 Å². The molecule has 1 aromatic carbocycles. The maximum absolute atomic E-state index is 13.3. The van der Waals surface area contributed by atoms with E-state index in [1.54, 1.807) is 0 Å². The van der Waals surface area contributed by atoms with Gasteiger partial charge in [0, 0.05) is 35.8 Å². The van der Waals surface area contributed by atoms with Crippen molar-refractivity contribution in [2.75, 3.05) is 0 Å². The topological polar surface area (TPSA) is 94.3 Å². The van der Waals surface area contributed by atoms with E-state index in [4.69, 9.17) is 4.98 Å². The second-order valence-corrected chi connectivity index (χ2v) is 9.57. The predicted octanol–water partition coefficient (Wildman–Crippen LogP) is 4.86. The normalized spacial score (nSPS) is 14.1. The number of rotatable bonds is 10. The van der Waals surface area contributed by atoms with Gasteiger partial charge in [0.05, 0.1) is 12.2 Å². The highest BCUT2D eigenvalue weighted by Crippen LogP contribution is 2.29. The van der Waals surface area contributed by atoms with Crippen LogP contribution < -0.4 is 5.69 Å². The number of unbranched alkanes of at least 4 members (excludes halogenated alkanes) is 1. The first-order valence-corrected chi connectivity index (χ1v) is 12.8. The summed E-state index contributed by atoms with van der Waals surface area (Å²) in [6.07, 6.45) is 13.5. The molecule has 5 rings (SSSR count). The van der Waals surface area contributed by atoms with Crippen LogP contribution in [0, 0.1) is 5.92 Å². The first-order valence-electron chi connectivity index (χ1n) is 12.8. The summed E-state index contributed by atoms with van der Waals surface area (Å²) >= 11 is 0. The number of pyridine rings is 1. The molecule has 0 radical (unpaired) electrons. The van der Waals surface area contributed by atoms with Gasteiger partial charge in [0.2, 0.25) is 0 Å². The monoisotopic (exact) mass is 471 g/mol. The van der Waals surface area contributed by atoms with E-state index in [9.17, 15) is 4.79 Å². The zero-order valence-electron chi connectivity index (χ0n) is 20.4. The fourth-order valence-electron chi connectivity index (χ4n) is 5.14. The van der Waals surface area contributed by atoms with E-state index in [0.717, 1.165) is 66.2 Å². The van der Waals surface area contributed by atoms with Crippen LogP contribution in [0.2, 0.25) is 0 Å². The molecule has 8 nitrogen and oxygen atoms in total. The summed E-state index contributed by atoms with van der Waals surface area (Å²) in [6.45, 7) is 3.55. The molecule has 0 spiro atoms. The maximum atomic E-state index is 13.3. The first-order chi connectivity index (χ1) is 17.2. The number of tetrazole rings is 1. The van der Waals surface area contributed by atoms with Crippen molar-refractivity contribution >= 4 is 0 Å². The van der Waals surface area contributed by atoms with Crippen molar-refractivity contribution in [3.8, 4) is 22.6 Å². The van der Waals surface area contributed by atoms with Gasteiger partial charge in [-0.05, 0) is 47.2 Å². The molecule has 0 saturated heterocycles. The Morgan fingerprint density at radius 2 is 1.91 bits per heavy atom. The predicted molar refractivity (Wildman–Crippen MR) is 136 cm³/mol. The molecule has 0 aliphatic heterocycles. The van der Waals surface area contributed by atoms with Crippen LogP contribution in [0.1, 0.15) is 63.1 Å². The van der Waals surface area contributed by atoms with Crippen molar-refractivity contribution < 1.29 is 0 Å². The molecule has 3 aromatic heterocycles. The number of aromatic amines is 1. The fraction of sp³-hybridized carbons (Fsp3) is 0.444. The molecule has 3 heterocycles. The third kappa shape index (κ3) is 5.26. The van der Waals surface area contributed by atoms with Gasteiger partial charge < -0.3 is 0 Å². The van der Waals surface area contributed by atoms with Crippen molar-refractivity contribution in [1.82, 2.24) is 34.7 Å². The Hall–Kier alpha value is -3.55. The summed E-state index contributed by atoms with van der Waals surface area (Å²) in [4.78, 5) is 18.0. The third-order valence-corrected chi connectivity index (χ3v) is 7.14. The summed E-state index contributed by atoms with van der Waals surface area (Å²) in [5.74, 6) is 1.38. The molecule has 0 amide bonds. The highest BCUT2D eigenvalue weighted by atomic mass is 16.1. The molecular formula is C27H33N7O.